The van der Waals surface area contributed by atoms with Crippen LogP contribution in [0, 0.1) is 23.7 Å². The normalized spacial score (nSPS) is 26.7. The summed E-state index contributed by atoms with van der Waals surface area (Å²) in [5.41, 5.74) is 2.92. The molecule has 0 radical (unpaired) electrons. The summed E-state index contributed by atoms with van der Waals surface area (Å²) >= 11 is 12.6. The van der Waals surface area contributed by atoms with E-state index in [1.807, 2.05) is 6.08 Å². The molecule has 3 fully saturated rings. The van der Waals surface area contributed by atoms with Crippen molar-refractivity contribution in [3.63, 3.8) is 0 Å². The van der Waals surface area contributed by atoms with Gasteiger partial charge in [0.1, 0.15) is 17.2 Å². The van der Waals surface area contributed by atoms with Crippen molar-refractivity contribution in [2.75, 3.05) is 26.2 Å². The second-order valence-electron chi connectivity index (χ2n) is 13.1. The van der Waals surface area contributed by atoms with Crippen molar-refractivity contribution in [1.82, 2.24) is 9.91 Å². The Kier molecular flexibility index (Phi) is 8.71. The number of ether oxygens (including phenoxy) is 2. The van der Waals surface area contributed by atoms with Crippen LogP contribution in [0.2, 0.25) is 10.0 Å². The molecule has 0 aromatic heterocycles. The van der Waals surface area contributed by atoms with Crippen molar-refractivity contribution in [3.8, 4) is 17.2 Å². The van der Waals surface area contributed by atoms with E-state index in [0.717, 1.165) is 9.91 Å². The Labute approximate surface area is 302 Å². The summed E-state index contributed by atoms with van der Waals surface area (Å²) in [6.45, 7) is -0.277. The van der Waals surface area contributed by atoms with Gasteiger partial charge in [-0.15, -0.1) is 0 Å². The number of amides is 4. The number of likely N-dealkylation sites (tertiary alicyclic amines) is 1. The third-order valence-electron chi connectivity index (χ3n) is 10.8. The molecule has 7 rings (SSSR count). The van der Waals surface area contributed by atoms with Crippen LogP contribution in [0.1, 0.15) is 36.3 Å². The summed E-state index contributed by atoms with van der Waals surface area (Å²) in [6, 6.07) is 16.1. The van der Waals surface area contributed by atoms with Gasteiger partial charge in [-0.1, -0.05) is 53.1 Å². The highest BCUT2D eigenvalue weighted by molar-refractivity contribution is 6.36. The molecule has 14 heteroatoms. The topological polar surface area (TPSA) is 163 Å². The van der Waals surface area contributed by atoms with Crippen molar-refractivity contribution >= 4 is 58.5 Å². The van der Waals surface area contributed by atoms with Gasteiger partial charge in [0.05, 0.1) is 54.5 Å². The molecule has 0 bridgehead atoms. The first kappa shape index (κ1) is 34.4. The van der Waals surface area contributed by atoms with Crippen LogP contribution in [0.15, 0.2) is 72.3 Å². The molecule has 3 aromatic rings. The number of fused-ring (bicyclic) bond motifs is 4. The average Bonchev–Trinajstić information content (AvgIpc) is 3.48. The Morgan fingerprint density at radius 2 is 1.63 bits per heavy atom. The zero-order chi connectivity index (χ0) is 36.4. The molecule has 12 nitrogen and oxygen atoms in total. The summed E-state index contributed by atoms with van der Waals surface area (Å²) < 4.78 is 10.8. The van der Waals surface area contributed by atoms with Gasteiger partial charge in [-0.2, -0.15) is 5.01 Å². The Morgan fingerprint density at radius 3 is 2.27 bits per heavy atom. The fraction of sp³-hybridized carbons (Fsp3) is 0.324. The van der Waals surface area contributed by atoms with E-state index in [1.54, 1.807) is 48.5 Å². The Bertz CT molecular complexity index is 2020. The molecule has 2 aliphatic heterocycles. The van der Waals surface area contributed by atoms with E-state index < -0.39 is 71.0 Å². The van der Waals surface area contributed by atoms with Gasteiger partial charge in [-0.25, -0.2) is 0 Å². The largest absolute Gasteiger partial charge is 0.508 e. The number of carbonyl (C=O) groups is 5. The molecule has 3 N–H and O–H groups in total. The number of rotatable bonds is 9. The third kappa shape index (κ3) is 5.31. The van der Waals surface area contributed by atoms with E-state index in [9.17, 15) is 29.4 Å². The van der Waals surface area contributed by atoms with Crippen LogP contribution in [-0.4, -0.2) is 70.5 Å². The quantitative estimate of drug-likeness (QED) is 0.197. The number of nitrogens with zero attached hydrogens (tertiary/aromatic N) is 2. The highest BCUT2D eigenvalue weighted by Crippen LogP contribution is 2.65. The summed E-state index contributed by atoms with van der Waals surface area (Å²) in [7, 11) is 2.96. The summed E-state index contributed by atoms with van der Waals surface area (Å²) in [4.78, 5) is 70.1. The van der Waals surface area contributed by atoms with E-state index >= 15 is 4.79 Å². The maximum Gasteiger partial charge on any atom is 0.305 e. The maximum absolute atomic E-state index is 15.3. The van der Waals surface area contributed by atoms with Gasteiger partial charge in [0, 0.05) is 29.1 Å². The first-order valence-electron chi connectivity index (χ1n) is 16.3. The van der Waals surface area contributed by atoms with Crippen molar-refractivity contribution in [1.29, 1.82) is 0 Å². The zero-order valence-corrected chi connectivity index (χ0v) is 29.0. The number of aromatic hydroxyl groups is 1. The minimum atomic E-state index is -1.66. The molecule has 2 heterocycles. The number of nitrogens with one attached hydrogen (secondary N) is 1. The Hall–Kier alpha value is -5.07. The molecule has 2 aliphatic carbocycles. The zero-order valence-electron chi connectivity index (χ0n) is 27.5. The Balaban J connectivity index is 1.44. The lowest BCUT2D eigenvalue weighted by atomic mass is 9.49. The number of phenols is 1. The van der Waals surface area contributed by atoms with E-state index in [1.165, 1.54) is 26.4 Å². The minimum Gasteiger partial charge on any atom is -0.508 e. The minimum absolute atomic E-state index is 0.00927. The van der Waals surface area contributed by atoms with Gasteiger partial charge in [0.25, 0.3) is 11.8 Å². The second-order valence-corrected chi connectivity index (χ2v) is 14.0. The number of aliphatic carboxylic acids is 1. The number of carbonyl (C=O) groups excluding carboxylic acids is 4. The molecule has 264 valence electrons. The summed E-state index contributed by atoms with van der Waals surface area (Å²) in [5.74, 6) is -7.14. The predicted molar refractivity (Wildman–Crippen MR) is 184 cm³/mol. The number of hydrogen-bond donors (Lipinski definition) is 3. The van der Waals surface area contributed by atoms with Gasteiger partial charge >= 0.3 is 5.97 Å². The lowest BCUT2D eigenvalue weighted by molar-refractivity contribution is -0.143. The molecule has 3 aromatic carbocycles. The number of allylic oxidation sites excluding steroid dienone is 2. The fourth-order valence-electron chi connectivity index (χ4n) is 8.58. The first-order chi connectivity index (χ1) is 24.4. The van der Waals surface area contributed by atoms with Gasteiger partial charge in [0.15, 0.2) is 0 Å². The van der Waals surface area contributed by atoms with Crippen LogP contribution in [0.25, 0.3) is 0 Å². The van der Waals surface area contributed by atoms with Crippen LogP contribution in [0.4, 0.5) is 5.69 Å². The van der Waals surface area contributed by atoms with E-state index in [4.69, 9.17) is 32.7 Å². The highest BCUT2D eigenvalue weighted by Gasteiger charge is 2.70. The molecule has 51 heavy (non-hydrogen) atoms. The smallest absolute Gasteiger partial charge is 0.305 e. The van der Waals surface area contributed by atoms with E-state index in [2.05, 4.69) is 5.43 Å². The molecule has 2 saturated heterocycles. The van der Waals surface area contributed by atoms with Gasteiger partial charge < -0.3 is 19.7 Å². The van der Waals surface area contributed by atoms with E-state index in [-0.39, 0.29) is 35.8 Å². The number of halogens is 2. The van der Waals surface area contributed by atoms with Crippen LogP contribution < -0.4 is 14.9 Å². The Morgan fingerprint density at radius 1 is 0.922 bits per heavy atom. The van der Waals surface area contributed by atoms with Gasteiger partial charge in [-0.05, 0) is 60.7 Å². The molecule has 4 amide bonds. The SMILES string of the molecule is COc1ccc(C23C(=O)N(Nc4ccc(Cl)cc4Cl)C(=O)C2CC2C(=CCC4C(=O)N(CCC(=O)O)C(=O)C42)C3c2ccc(OC)cc2O)cc1. The standard InChI is InChI=1S/C37H33Cl2N3O9/c1-50-20-6-3-18(4-7-20)37-26(34(47)42(36(37)49)40-28-12-5-19(38)15-27(28)39)17-25-22(32(37)23-9-8-21(51-2)16-29(23)43)10-11-24-31(25)35(48)41(33(24)46)14-13-30(44)45/h3-10,12,15-16,24-26,31-32,40,43H,11,13-14,17H2,1-2H3,(H,44,45). The van der Waals surface area contributed by atoms with Crippen molar-refractivity contribution in [3.05, 3.63) is 93.5 Å². The van der Waals surface area contributed by atoms with Crippen LogP contribution in [0.3, 0.4) is 0 Å². The first-order valence-corrected chi connectivity index (χ1v) is 17.1. The molecule has 0 spiro atoms. The average molecular weight is 735 g/mol. The lowest BCUT2D eigenvalue weighted by Crippen LogP contribution is -2.53. The van der Waals surface area contributed by atoms with Gasteiger partial charge in [0.2, 0.25) is 11.8 Å². The number of benzene rings is 3. The summed E-state index contributed by atoms with van der Waals surface area (Å²) in [5, 5.41) is 22.4. The predicted octanol–water partition coefficient (Wildman–Crippen LogP) is 5.18. The fourth-order valence-corrected chi connectivity index (χ4v) is 9.03. The number of hydrazine groups is 1. The molecule has 4 aliphatic rings. The number of methoxy groups -OCH3 is 2. The number of phenolic OH excluding ortho intramolecular Hbond substituents is 1. The van der Waals surface area contributed by atoms with Crippen LogP contribution >= 0.6 is 23.2 Å². The number of hydrogen-bond acceptors (Lipinski definition) is 9. The van der Waals surface area contributed by atoms with Gasteiger partial charge in [-0.3, -0.25) is 34.3 Å². The number of anilines is 1. The molecule has 6 unspecified atom stereocenters. The van der Waals surface area contributed by atoms with Crippen molar-refractivity contribution in [2.24, 2.45) is 23.7 Å². The lowest BCUT2D eigenvalue weighted by Gasteiger charge is -2.50. The molecular weight excluding hydrogens is 701 g/mol. The molecule has 6 atom stereocenters. The molecule has 1 saturated carbocycles. The van der Waals surface area contributed by atoms with Crippen molar-refractivity contribution < 1.29 is 43.7 Å². The number of imide groups is 2. The number of carboxylic acids is 1. The number of carboxylic acid groups (broad SMARTS) is 1. The van der Waals surface area contributed by atoms with Crippen molar-refractivity contribution in [2.45, 2.75) is 30.6 Å². The highest BCUT2D eigenvalue weighted by atomic mass is 35.5. The van der Waals surface area contributed by atoms with Crippen LogP contribution in [0.5, 0.6) is 17.2 Å². The second kappa shape index (κ2) is 12.9. The molecular formula is C37H33Cl2N3O9. The third-order valence-corrected chi connectivity index (χ3v) is 11.3. The summed E-state index contributed by atoms with van der Waals surface area (Å²) in [6.07, 6.45) is 1.59. The monoisotopic (exact) mass is 733 g/mol. The van der Waals surface area contributed by atoms with Crippen LogP contribution in [-0.2, 0) is 29.4 Å². The maximum atomic E-state index is 15.3. The van der Waals surface area contributed by atoms with E-state index in [0.29, 0.717) is 33.2 Å².